The van der Waals surface area contributed by atoms with Crippen molar-refractivity contribution in [2.45, 2.75) is 36.7 Å². The number of likely N-dealkylation sites (N-methyl/N-ethyl adjacent to an activating group) is 1. The summed E-state index contributed by atoms with van der Waals surface area (Å²) in [5, 5.41) is 0. The minimum Gasteiger partial charge on any atom is -0.302 e. The lowest BCUT2D eigenvalue weighted by Crippen LogP contribution is -2.33. The summed E-state index contributed by atoms with van der Waals surface area (Å²) < 4.78 is 40.6. The maximum atomic E-state index is 13.1. The standard InChI is InChI=1S/C18H21FN4O2S/c1-22-10-8-16-13(12-22)11-20-18(21-16)17-3-2-9-23(17)26(24,25)15-6-4-14(19)5-7-15/h4-7,11,17H,2-3,8-10,12H2,1H3/t17-/m1/s1. The molecule has 0 radical (unpaired) electrons. The highest BCUT2D eigenvalue weighted by Crippen LogP contribution is 2.35. The summed E-state index contributed by atoms with van der Waals surface area (Å²) >= 11 is 0. The Morgan fingerprint density at radius 3 is 2.73 bits per heavy atom. The highest BCUT2D eigenvalue weighted by atomic mass is 32.2. The van der Waals surface area contributed by atoms with Gasteiger partial charge in [-0.05, 0) is 44.2 Å². The van der Waals surface area contributed by atoms with Crippen molar-refractivity contribution in [3.8, 4) is 0 Å². The van der Waals surface area contributed by atoms with Gasteiger partial charge in [-0.2, -0.15) is 4.31 Å². The van der Waals surface area contributed by atoms with E-state index in [2.05, 4.69) is 16.9 Å². The summed E-state index contributed by atoms with van der Waals surface area (Å²) in [6.45, 7) is 2.18. The normalized spacial score (nSPS) is 21.7. The van der Waals surface area contributed by atoms with E-state index in [4.69, 9.17) is 4.98 Å². The van der Waals surface area contributed by atoms with Crippen LogP contribution in [-0.4, -0.2) is 47.7 Å². The maximum absolute atomic E-state index is 13.1. The van der Waals surface area contributed by atoms with Crippen molar-refractivity contribution < 1.29 is 12.8 Å². The molecule has 2 aliphatic rings. The van der Waals surface area contributed by atoms with Crippen LogP contribution in [-0.2, 0) is 23.0 Å². The first-order chi connectivity index (χ1) is 12.4. The van der Waals surface area contributed by atoms with Crippen LogP contribution in [0.15, 0.2) is 35.4 Å². The number of rotatable bonds is 3. The molecule has 6 nitrogen and oxygen atoms in total. The van der Waals surface area contributed by atoms with Gasteiger partial charge in [0.05, 0.1) is 10.9 Å². The van der Waals surface area contributed by atoms with Crippen LogP contribution in [0.5, 0.6) is 0 Å². The Bertz CT molecular complexity index is 917. The molecule has 4 rings (SSSR count). The number of nitrogens with zero attached hydrogens (tertiary/aromatic N) is 4. The maximum Gasteiger partial charge on any atom is 0.243 e. The lowest BCUT2D eigenvalue weighted by Gasteiger charge is -2.26. The van der Waals surface area contributed by atoms with Gasteiger partial charge in [0.1, 0.15) is 11.6 Å². The Hall–Kier alpha value is -1.90. The molecule has 1 saturated heterocycles. The number of hydrogen-bond donors (Lipinski definition) is 0. The average molecular weight is 376 g/mol. The first kappa shape index (κ1) is 17.5. The summed E-state index contributed by atoms with van der Waals surface area (Å²) in [5.74, 6) is 0.112. The zero-order valence-corrected chi connectivity index (χ0v) is 15.4. The second-order valence-electron chi connectivity index (χ2n) is 6.92. The van der Waals surface area contributed by atoms with Crippen molar-refractivity contribution in [2.24, 2.45) is 0 Å². The summed E-state index contributed by atoms with van der Waals surface area (Å²) in [5.41, 5.74) is 2.12. The van der Waals surface area contributed by atoms with Crippen LogP contribution in [0.1, 0.15) is 36.0 Å². The van der Waals surface area contributed by atoms with Gasteiger partial charge in [0.25, 0.3) is 0 Å². The molecule has 0 unspecified atom stereocenters. The van der Waals surface area contributed by atoms with E-state index in [1.165, 1.54) is 28.6 Å². The van der Waals surface area contributed by atoms with E-state index in [-0.39, 0.29) is 10.9 Å². The number of hydrogen-bond acceptors (Lipinski definition) is 5. The van der Waals surface area contributed by atoms with Crippen molar-refractivity contribution in [1.29, 1.82) is 0 Å². The SMILES string of the molecule is CN1CCc2nc([C@H]3CCCN3S(=O)(=O)c3ccc(F)cc3)ncc2C1. The fraction of sp³-hybridized carbons (Fsp3) is 0.444. The molecule has 2 aliphatic heterocycles. The van der Waals surface area contributed by atoms with Crippen LogP contribution in [0.4, 0.5) is 4.39 Å². The molecule has 0 aliphatic carbocycles. The molecule has 0 amide bonds. The van der Waals surface area contributed by atoms with Crippen LogP contribution in [0.25, 0.3) is 0 Å². The molecule has 0 bridgehead atoms. The Kier molecular flexibility index (Phi) is 4.50. The highest BCUT2D eigenvalue weighted by molar-refractivity contribution is 7.89. The van der Waals surface area contributed by atoms with Gasteiger partial charge >= 0.3 is 0 Å². The van der Waals surface area contributed by atoms with Gasteiger partial charge in [-0.15, -0.1) is 0 Å². The predicted molar refractivity (Wildman–Crippen MR) is 94.3 cm³/mol. The lowest BCUT2D eigenvalue weighted by atomic mass is 10.1. The van der Waals surface area contributed by atoms with Crippen LogP contribution >= 0.6 is 0 Å². The van der Waals surface area contributed by atoms with Crippen molar-refractivity contribution in [3.63, 3.8) is 0 Å². The van der Waals surface area contributed by atoms with Gasteiger partial charge < -0.3 is 4.90 Å². The van der Waals surface area contributed by atoms with Crippen molar-refractivity contribution in [3.05, 3.63) is 53.4 Å². The molecular formula is C18H21FN4O2S. The van der Waals surface area contributed by atoms with Gasteiger partial charge in [0, 0.05) is 43.5 Å². The Labute approximate surface area is 152 Å². The summed E-state index contributed by atoms with van der Waals surface area (Å²) in [6.07, 6.45) is 4.13. The largest absolute Gasteiger partial charge is 0.302 e. The van der Waals surface area contributed by atoms with E-state index >= 15 is 0 Å². The van der Waals surface area contributed by atoms with E-state index < -0.39 is 15.8 Å². The second-order valence-corrected chi connectivity index (χ2v) is 8.81. The predicted octanol–water partition coefficient (Wildman–Crippen LogP) is 2.13. The van der Waals surface area contributed by atoms with E-state index in [9.17, 15) is 12.8 Å². The summed E-state index contributed by atoms with van der Waals surface area (Å²) in [6, 6.07) is 4.59. The molecule has 0 spiro atoms. The molecule has 1 aromatic carbocycles. The summed E-state index contributed by atoms with van der Waals surface area (Å²) in [7, 11) is -1.64. The number of benzene rings is 1. The zero-order valence-electron chi connectivity index (χ0n) is 14.6. The number of sulfonamides is 1. The van der Waals surface area contributed by atoms with E-state index in [0.717, 1.165) is 37.2 Å². The van der Waals surface area contributed by atoms with Crippen LogP contribution in [0, 0.1) is 5.82 Å². The molecule has 26 heavy (non-hydrogen) atoms. The molecule has 3 heterocycles. The molecule has 1 aromatic heterocycles. The van der Waals surface area contributed by atoms with E-state index in [0.29, 0.717) is 18.8 Å². The Morgan fingerprint density at radius 2 is 1.96 bits per heavy atom. The molecule has 0 saturated carbocycles. The van der Waals surface area contributed by atoms with Crippen LogP contribution < -0.4 is 0 Å². The van der Waals surface area contributed by atoms with Gasteiger partial charge in [-0.3, -0.25) is 0 Å². The molecule has 2 aromatic rings. The number of halogens is 1. The third-order valence-electron chi connectivity index (χ3n) is 5.07. The second kappa shape index (κ2) is 6.68. The fourth-order valence-corrected chi connectivity index (χ4v) is 5.32. The fourth-order valence-electron chi connectivity index (χ4n) is 3.66. The smallest absolute Gasteiger partial charge is 0.243 e. The molecule has 0 N–H and O–H groups in total. The summed E-state index contributed by atoms with van der Waals surface area (Å²) in [4.78, 5) is 11.5. The minimum atomic E-state index is -3.70. The van der Waals surface area contributed by atoms with Crippen molar-refractivity contribution >= 4 is 10.0 Å². The van der Waals surface area contributed by atoms with Crippen LogP contribution in [0.3, 0.4) is 0 Å². The van der Waals surface area contributed by atoms with Gasteiger partial charge in [-0.25, -0.2) is 22.8 Å². The molecule has 1 atom stereocenters. The molecule has 1 fully saturated rings. The third kappa shape index (κ3) is 3.13. The first-order valence-electron chi connectivity index (χ1n) is 8.76. The highest BCUT2D eigenvalue weighted by Gasteiger charge is 2.38. The first-order valence-corrected chi connectivity index (χ1v) is 10.2. The Morgan fingerprint density at radius 1 is 1.19 bits per heavy atom. The monoisotopic (exact) mass is 376 g/mol. The topological polar surface area (TPSA) is 66.4 Å². The number of fused-ring (bicyclic) bond motifs is 1. The van der Waals surface area contributed by atoms with E-state index in [1.54, 1.807) is 0 Å². The minimum absolute atomic E-state index is 0.102. The molecule has 8 heteroatoms. The van der Waals surface area contributed by atoms with Crippen LogP contribution in [0.2, 0.25) is 0 Å². The molecule has 138 valence electrons. The zero-order chi connectivity index (χ0) is 18.3. The van der Waals surface area contributed by atoms with Gasteiger partial charge in [-0.1, -0.05) is 0 Å². The van der Waals surface area contributed by atoms with Crippen molar-refractivity contribution in [2.75, 3.05) is 20.1 Å². The van der Waals surface area contributed by atoms with Gasteiger partial charge in [0.2, 0.25) is 10.0 Å². The van der Waals surface area contributed by atoms with Gasteiger partial charge in [0.15, 0.2) is 0 Å². The van der Waals surface area contributed by atoms with Crippen molar-refractivity contribution in [1.82, 2.24) is 19.2 Å². The average Bonchev–Trinajstić information content (AvgIpc) is 3.12. The Balaban J connectivity index is 1.66. The van der Waals surface area contributed by atoms with E-state index in [1.807, 2.05) is 6.20 Å². The molecular weight excluding hydrogens is 355 g/mol. The third-order valence-corrected chi connectivity index (χ3v) is 6.99. The number of aromatic nitrogens is 2. The lowest BCUT2D eigenvalue weighted by molar-refractivity contribution is 0.306. The quantitative estimate of drug-likeness (QED) is 0.821.